The van der Waals surface area contributed by atoms with Gasteiger partial charge in [0.2, 0.25) is 0 Å². The summed E-state index contributed by atoms with van der Waals surface area (Å²) in [5, 5.41) is 9.28. The Balaban J connectivity index is 3.02. The molecule has 0 saturated heterocycles. The van der Waals surface area contributed by atoms with Crippen LogP contribution < -0.4 is 5.73 Å². The maximum atomic E-state index is 11.3. The van der Waals surface area contributed by atoms with Crippen LogP contribution in [0.4, 0.5) is 5.69 Å². The maximum Gasteiger partial charge on any atom is 0.338 e. The predicted molar refractivity (Wildman–Crippen MR) is 78.2 cm³/mol. The SMILES string of the molecule is CC(C)CN(Cc1cccc(N)c1C(=O)O)C(C)C. The summed E-state index contributed by atoms with van der Waals surface area (Å²) in [5.41, 5.74) is 7.12. The van der Waals surface area contributed by atoms with Crippen molar-refractivity contribution in [1.82, 2.24) is 4.90 Å². The molecule has 0 heterocycles. The first-order chi connectivity index (χ1) is 8.82. The van der Waals surface area contributed by atoms with Gasteiger partial charge in [-0.3, -0.25) is 4.90 Å². The van der Waals surface area contributed by atoms with Crippen molar-refractivity contribution in [3.8, 4) is 0 Å². The third kappa shape index (κ3) is 4.24. The molecule has 0 aliphatic rings. The van der Waals surface area contributed by atoms with E-state index in [1.54, 1.807) is 6.07 Å². The third-order valence-corrected chi connectivity index (χ3v) is 3.10. The minimum Gasteiger partial charge on any atom is -0.478 e. The first-order valence-corrected chi connectivity index (χ1v) is 6.67. The number of nitrogens with zero attached hydrogens (tertiary/aromatic N) is 1. The van der Waals surface area contributed by atoms with Crippen LogP contribution in [-0.2, 0) is 6.54 Å². The molecule has 4 heteroatoms. The monoisotopic (exact) mass is 264 g/mol. The molecule has 4 nitrogen and oxygen atoms in total. The Hall–Kier alpha value is -1.55. The lowest BCUT2D eigenvalue weighted by Gasteiger charge is -2.29. The fraction of sp³-hybridized carbons (Fsp3) is 0.533. The average Bonchev–Trinajstić information content (AvgIpc) is 2.26. The smallest absolute Gasteiger partial charge is 0.338 e. The Morgan fingerprint density at radius 2 is 1.95 bits per heavy atom. The van der Waals surface area contributed by atoms with Crippen LogP contribution in [0.25, 0.3) is 0 Å². The quantitative estimate of drug-likeness (QED) is 0.775. The number of carboxylic acids is 1. The summed E-state index contributed by atoms with van der Waals surface area (Å²) >= 11 is 0. The number of hydrogen-bond acceptors (Lipinski definition) is 3. The van der Waals surface area contributed by atoms with E-state index >= 15 is 0 Å². The second-order valence-electron chi connectivity index (χ2n) is 5.60. The van der Waals surface area contributed by atoms with Crippen molar-refractivity contribution in [3.05, 3.63) is 29.3 Å². The lowest BCUT2D eigenvalue weighted by atomic mass is 10.0. The van der Waals surface area contributed by atoms with Gasteiger partial charge in [0.25, 0.3) is 0 Å². The summed E-state index contributed by atoms with van der Waals surface area (Å²) in [7, 11) is 0. The third-order valence-electron chi connectivity index (χ3n) is 3.10. The molecule has 19 heavy (non-hydrogen) atoms. The molecule has 0 aliphatic carbocycles. The molecule has 0 bridgehead atoms. The van der Waals surface area contributed by atoms with Crippen molar-refractivity contribution in [3.63, 3.8) is 0 Å². The van der Waals surface area contributed by atoms with Gasteiger partial charge in [0, 0.05) is 24.8 Å². The summed E-state index contributed by atoms with van der Waals surface area (Å²) in [6.45, 7) is 10.1. The zero-order valence-corrected chi connectivity index (χ0v) is 12.2. The summed E-state index contributed by atoms with van der Waals surface area (Å²) in [6, 6.07) is 5.65. The number of carboxylic acid groups (broad SMARTS) is 1. The van der Waals surface area contributed by atoms with Crippen molar-refractivity contribution in [1.29, 1.82) is 0 Å². The van der Waals surface area contributed by atoms with E-state index in [-0.39, 0.29) is 5.56 Å². The number of benzene rings is 1. The molecule has 0 unspecified atom stereocenters. The Labute approximate surface area is 115 Å². The zero-order chi connectivity index (χ0) is 14.6. The second-order valence-corrected chi connectivity index (χ2v) is 5.60. The van der Waals surface area contributed by atoms with Gasteiger partial charge in [0.15, 0.2) is 0 Å². The second kappa shape index (κ2) is 6.57. The van der Waals surface area contributed by atoms with E-state index in [1.165, 1.54) is 0 Å². The highest BCUT2D eigenvalue weighted by atomic mass is 16.4. The number of hydrogen-bond donors (Lipinski definition) is 2. The molecule has 0 amide bonds. The van der Waals surface area contributed by atoms with E-state index < -0.39 is 5.97 Å². The van der Waals surface area contributed by atoms with Crippen molar-refractivity contribution < 1.29 is 9.90 Å². The maximum absolute atomic E-state index is 11.3. The topological polar surface area (TPSA) is 66.6 Å². The van der Waals surface area contributed by atoms with Crippen molar-refractivity contribution in [2.24, 2.45) is 5.92 Å². The average molecular weight is 264 g/mol. The van der Waals surface area contributed by atoms with Crippen molar-refractivity contribution >= 4 is 11.7 Å². The standard InChI is InChI=1S/C15H24N2O2/c1-10(2)8-17(11(3)4)9-12-6-5-7-13(16)14(12)15(18)19/h5-7,10-11H,8-9,16H2,1-4H3,(H,18,19). The van der Waals surface area contributed by atoms with Crippen molar-refractivity contribution in [2.75, 3.05) is 12.3 Å². The lowest BCUT2D eigenvalue weighted by Crippen LogP contribution is -2.34. The van der Waals surface area contributed by atoms with Crippen LogP contribution in [-0.4, -0.2) is 28.6 Å². The highest BCUT2D eigenvalue weighted by Crippen LogP contribution is 2.20. The van der Waals surface area contributed by atoms with Gasteiger partial charge in [-0.1, -0.05) is 26.0 Å². The molecule has 1 aromatic rings. The van der Waals surface area contributed by atoms with E-state index in [2.05, 4.69) is 32.6 Å². The van der Waals surface area contributed by atoms with E-state index in [0.29, 0.717) is 24.2 Å². The molecule has 106 valence electrons. The molecule has 1 aromatic carbocycles. The fourth-order valence-corrected chi connectivity index (χ4v) is 2.16. The first-order valence-electron chi connectivity index (χ1n) is 6.67. The van der Waals surface area contributed by atoms with Gasteiger partial charge in [-0.05, 0) is 31.4 Å². The van der Waals surface area contributed by atoms with Gasteiger partial charge in [0.1, 0.15) is 0 Å². The molecular weight excluding hydrogens is 240 g/mol. The molecule has 0 spiro atoms. The Morgan fingerprint density at radius 1 is 1.32 bits per heavy atom. The normalized spacial score (nSPS) is 11.5. The van der Waals surface area contributed by atoms with Gasteiger partial charge in [-0.15, -0.1) is 0 Å². The summed E-state index contributed by atoms with van der Waals surface area (Å²) in [6.07, 6.45) is 0. The summed E-state index contributed by atoms with van der Waals surface area (Å²) in [5.74, 6) is -0.418. The van der Waals surface area contributed by atoms with E-state index in [1.807, 2.05) is 12.1 Å². The van der Waals surface area contributed by atoms with E-state index in [4.69, 9.17) is 5.73 Å². The summed E-state index contributed by atoms with van der Waals surface area (Å²) in [4.78, 5) is 13.6. The van der Waals surface area contributed by atoms with Crippen LogP contribution in [0.5, 0.6) is 0 Å². The minimum atomic E-state index is -0.957. The zero-order valence-electron chi connectivity index (χ0n) is 12.2. The Bertz CT molecular complexity index is 442. The summed E-state index contributed by atoms with van der Waals surface area (Å²) < 4.78 is 0. The van der Waals surface area contributed by atoms with Crippen LogP contribution in [0.1, 0.15) is 43.6 Å². The van der Waals surface area contributed by atoms with E-state index in [9.17, 15) is 9.90 Å². The Morgan fingerprint density at radius 3 is 2.42 bits per heavy atom. The largest absolute Gasteiger partial charge is 0.478 e. The number of carbonyl (C=O) groups is 1. The Kier molecular flexibility index (Phi) is 5.36. The number of anilines is 1. The van der Waals surface area contributed by atoms with Crippen LogP contribution in [0.15, 0.2) is 18.2 Å². The molecule has 0 radical (unpaired) electrons. The highest BCUT2D eigenvalue weighted by Gasteiger charge is 2.18. The molecule has 0 fully saturated rings. The minimum absolute atomic E-state index is 0.233. The van der Waals surface area contributed by atoms with Crippen LogP contribution in [0.3, 0.4) is 0 Å². The van der Waals surface area contributed by atoms with E-state index in [0.717, 1.165) is 12.1 Å². The van der Waals surface area contributed by atoms with Gasteiger partial charge in [-0.25, -0.2) is 4.79 Å². The molecule has 0 aliphatic heterocycles. The van der Waals surface area contributed by atoms with Crippen LogP contribution in [0, 0.1) is 5.92 Å². The van der Waals surface area contributed by atoms with Gasteiger partial charge >= 0.3 is 5.97 Å². The van der Waals surface area contributed by atoms with Gasteiger partial charge in [0.05, 0.1) is 5.56 Å². The van der Waals surface area contributed by atoms with Gasteiger partial charge in [-0.2, -0.15) is 0 Å². The van der Waals surface area contributed by atoms with Crippen molar-refractivity contribution in [2.45, 2.75) is 40.3 Å². The number of nitrogens with two attached hydrogens (primary N) is 1. The number of aromatic carboxylic acids is 1. The molecule has 1 rings (SSSR count). The molecule has 3 N–H and O–H groups in total. The lowest BCUT2D eigenvalue weighted by molar-refractivity contribution is 0.0694. The van der Waals surface area contributed by atoms with Crippen LogP contribution >= 0.6 is 0 Å². The van der Waals surface area contributed by atoms with Gasteiger partial charge < -0.3 is 10.8 Å². The van der Waals surface area contributed by atoms with Crippen LogP contribution in [0.2, 0.25) is 0 Å². The fourth-order valence-electron chi connectivity index (χ4n) is 2.16. The highest BCUT2D eigenvalue weighted by molar-refractivity contribution is 5.95. The first kappa shape index (κ1) is 15.5. The number of nitrogen functional groups attached to an aromatic ring is 1. The molecule has 0 aromatic heterocycles. The molecule has 0 saturated carbocycles. The molecular formula is C15H24N2O2. The molecule has 0 atom stereocenters. The number of rotatable bonds is 6. The predicted octanol–water partition coefficient (Wildman–Crippen LogP) is 2.83.